The molecule has 11 heteroatoms. The second-order valence-electron chi connectivity index (χ2n) is 11.1. The molecule has 3 fully saturated rings. The molecule has 10 nitrogen and oxygen atoms in total. The van der Waals surface area contributed by atoms with Gasteiger partial charge < -0.3 is 35.0 Å². The number of hydrogen-bond donors (Lipinski definition) is 3. The Morgan fingerprint density at radius 3 is 2.24 bits per heavy atom. The van der Waals surface area contributed by atoms with Gasteiger partial charge in [0, 0.05) is 35.0 Å². The van der Waals surface area contributed by atoms with E-state index in [-0.39, 0.29) is 23.2 Å². The Hall–Kier alpha value is -3.15. The Morgan fingerprint density at radius 1 is 1.07 bits per heavy atom. The second kappa shape index (κ2) is 12.2. The number of aliphatic hydroxyl groups excluding tert-OH is 1. The topological polar surface area (TPSA) is 120 Å². The van der Waals surface area contributed by atoms with E-state index in [2.05, 4.69) is 45.3 Å². The molecule has 2 aromatic rings. The summed E-state index contributed by atoms with van der Waals surface area (Å²) in [7, 11) is 0. The van der Waals surface area contributed by atoms with E-state index < -0.39 is 41.5 Å². The normalized spacial score (nSPS) is 28.4. The van der Waals surface area contributed by atoms with Gasteiger partial charge in [0.25, 0.3) is 0 Å². The quantitative estimate of drug-likeness (QED) is 0.320. The lowest BCUT2D eigenvalue weighted by atomic mass is 9.70. The van der Waals surface area contributed by atoms with Crippen LogP contribution in [-0.2, 0) is 19.1 Å². The summed E-state index contributed by atoms with van der Waals surface area (Å²) in [5.41, 5.74) is 0.989. The number of carbonyl (C=O) groups excluding carboxylic acids is 3. The predicted molar refractivity (Wildman–Crippen MR) is 164 cm³/mol. The molecule has 3 aliphatic heterocycles. The zero-order valence-corrected chi connectivity index (χ0v) is 26.0. The van der Waals surface area contributed by atoms with Crippen molar-refractivity contribution in [1.29, 1.82) is 0 Å². The lowest BCUT2D eigenvalue weighted by Crippen LogP contribution is -2.56. The van der Waals surface area contributed by atoms with Crippen molar-refractivity contribution in [2.24, 2.45) is 11.8 Å². The van der Waals surface area contributed by atoms with Gasteiger partial charge in [-0.15, -0.1) is 0 Å². The van der Waals surface area contributed by atoms with Crippen LogP contribution in [0.15, 0.2) is 48.5 Å². The number of alkyl halides is 1. The van der Waals surface area contributed by atoms with Crippen molar-refractivity contribution < 1.29 is 29.0 Å². The maximum atomic E-state index is 14.1. The van der Waals surface area contributed by atoms with E-state index in [4.69, 9.17) is 9.47 Å². The molecule has 3 saturated heterocycles. The second-order valence-corrected chi connectivity index (χ2v) is 12.3. The van der Waals surface area contributed by atoms with Gasteiger partial charge in [0.15, 0.2) is 0 Å². The number of aliphatic hydroxyl groups is 1. The van der Waals surface area contributed by atoms with Crippen molar-refractivity contribution in [3.05, 3.63) is 48.5 Å². The SMILES string of the molecule is CCOc1ccc(NC(=O)[C@H]2[C@@H]3OC4(CC3Br)C(C(=O)Nc3ccc(N(CC)CC)cc3)N([C@H](C)CO)C(=O)[C@H]24)cc1. The minimum atomic E-state index is -1.22. The third-order valence-electron chi connectivity index (χ3n) is 8.71. The average molecular weight is 644 g/mol. The molecule has 3 N–H and O–H groups in total. The number of ether oxygens (including phenoxy) is 2. The van der Waals surface area contributed by atoms with Crippen LogP contribution in [0.1, 0.15) is 34.1 Å². The number of benzene rings is 2. The van der Waals surface area contributed by atoms with Crippen molar-refractivity contribution in [3.8, 4) is 5.75 Å². The summed E-state index contributed by atoms with van der Waals surface area (Å²) in [6.07, 6.45) is -0.203. The van der Waals surface area contributed by atoms with E-state index in [1.54, 1.807) is 31.2 Å². The minimum Gasteiger partial charge on any atom is -0.494 e. The van der Waals surface area contributed by atoms with Crippen LogP contribution in [0.25, 0.3) is 0 Å². The van der Waals surface area contributed by atoms with Crippen molar-refractivity contribution in [2.45, 2.75) is 62.7 Å². The molecule has 3 aliphatic rings. The van der Waals surface area contributed by atoms with Gasteiger partial charge in [-0.25, -0.2) is 0 Å². The Bertz CT molecular complexity index is 1300. The van der Waals surface area contributed by atoms with Gasteiger partial charge >= 0.3 is 0 Å². The smallest absolute Gasteiger partial charge is 0.250 e. The van der Waals surface area contributed by atoms with E-state index in [1.807, 2.05) is 31.2 Å². The van der Waals surface area contributed by atoms with Gasteiger partial charge in [0.2, 0.25) is 17.7 Å². The number of anilines is 3. The van der Waals surface area contributed by atoms with Crippen LogP contribution in [0.5, 0.6) is 5.75 Å². The Balaban J connectivity index is 1.42. The molecule has 226 valence electrons. The van der Waals surface area contributed by atoms with E-state index in [1.165, 1.54) is 4.90 Å². The first-order valence-electron chi connectivity index (χ1n) is 14.6. The van der Waals surface area contributed by atoms with Crippen molar-refractivity contribution in [2.75, 3.05) is 41.8 Å². The van der Waals surface area contributed by atoms with Gasteiger partial charge in [-0.2, -0.15) is 0 Å². The molecule has 2 bridgehead atoms. The van der Waals surface area contributed by atoms with Crippen LogP contribution in [0.2, 0.25) is 0 Å². The third-order valence-corrected chi connectivity index (χ3v) is 9.56. The summed E-state index contributed by atoms with van der Waals surface area (Å²) >= 11 is 3.68. The number of halogens is 1. The zero-order chi connectivity index (χ0) is 30.2. The van der Waals surface area contributed by atoms with E-state index in [0.717, 1.165) is 18.8 Å². The van der Waals surface area contributed by atoms with Crippen LogP contribution in [0.3, 0.4) is 0 Å². The first-order valence-corrected chi connectivity index (χ1v) is 15.5. The Kier molecular flexibility index (Phi) is 8.82. The van der Waals surface area contributed by atoms with Crippen molar-refractivity contribution in [3.63, 3.8) is 0 Å². The largest absolute Gasteiger partial charge is 0.494 e. The third kappa shape index (κ3) is 5.16. The highest BCUT2D eigenvalue weighted by Crippen LogP contribution is 2.60. The maximum Gasteiger partial charge on any atom is 0.250 e. The fourth-order valence-corrected chi connectivity index (χ4v) is 7.75. The fourth-order valence-electron chi connectivity index (χ4n) is 6.81. The minimum absolute atomic E-state index is 0.231. The molecule has 3 unspecified atom stereocenters. The summed E-state index contributed by atoms with van der Waals surface area (Å²) in [5.74, 6) is -2.11. The predicted octanol–water partition coefficient (Wildman–Crippen LogP) is 3.64. The molecule has 2 aromatic carbocycles. The highest BCUT2D eigenvalue weighted by atomic mass is 79.9. The number of carbonyl (C=O) groups is 3. The lowest BCUT2D eigenvalue weighted by Gasteiger charge is -2.35. The van der Waals surface area contributed by atoms with Crippen LogP contribution >= 0.6 is 15.9 Å². The molecule has 7 atom stereocenters. The summed E-state index contributed by atoms with van der Waals surface area (Å²) in [6.45, 7) is 9.69. The number of likely N-dealkylation sites (tertiary alicyclic amines) is 1. The molecule has 3 heterocycles. The summed E-state index contributed by atoms with van der Waals surface area (Å²) in [5, 5.41) is 16.0. The standard InChI is InChI=1S/C31H39BrN4O6/c1-5-35(6-2)21-12-8-19(9-13-21)34-29(39)27-31-16-23(32)26(42-31)24(25(31)30(40)36(27)18(4)17-37)28(38)33-20-10-14-22(15-11-20)41-7-3/h8-15,18,23-27,37H,5-7,16-17H2,1-4H3,(H,33,38)(H,34,39)/t18-,23?,24-,25+,26-,27?,31?/m1/s1. The number of rotatable bonds is 11. The zero-order valence-electron chi connectivity index (χ0n) is 24.4. The molecule has 42 heavy (non-hydrogen) atoms. The highest BCUT2D eigenvalue weighted by molar-refractivity contribution is 9.09. The van der Waals surface area contributed by atoms with E-state index in [9.17, 15) is 19.5 Å². The van der Waals surface area contributed by atoms with Gasteiger partial charge in [0.05, 0.1) is 37.2 Å². The lowest BCUT2D eigenvalue weighted by molar-refractivity contribution is -0.142. The molecule has 3 amide bonds. The van der Waals surface area contributed by atoms with Crippen molar-refractivity contribution in [1.82, 2.24) is 4.90 Å². The Labute approximate surface area is 254 Å². The fraction of sp³-hybridized carbons (Fsp3) is 0.516. The number of hydrogen-bond acceptors (Lipinski definition) is 7. The molecular formula is C31H39BrN4O6. The first-order chi connectivity index (χ1) is 20.2. The summed E-state index contributed by atoms with van der Waals surface area (Å²) in [6, 6.07) is 12.9. The molecule has 0 aromatic heterocycles. The summed E-state index contributed by atoms with van der Waals surface area (Å²) < 4.78 is 12.0. The highest BCUT2D eigenvalue weighted by Gasteiger charge is 2.76. The molecule has 0 radical (unpaired) electrons. The van der Waals surface area contributed by atoms with Gasteiger partial charge in [0.1, 0.15) is 17.4 Å². The number of nitrogens with zero attached hydrogens (tertiary/aromatic N) is 2. The molecule has 0 aliphatic carbocycles. The molecule has 1 spiro atoms. The molecule has 5 rings (SSSR count). The van der Waals surface area contributed by atoms with E-state index in [0.29, 0.717) is 30.2 Å². The van der Waals surface area contributed by atoms with E-state index >= 15 is 0 Å². The summed E-state index contributed by atoms with van der Waals surface area (Å²) in [4.78, 5) is 45.2. The van der Waals surface area contributed by atoms with Crippen LogP contribution in [-0.4, -0.2) is 82.6 Å². The monoisotopic (exact) mass is 642 g/mol. The number of fused-ring (bicyclic) bond motifs is 1. The Morgan fingerprint density at radius 2 is 1.67 bits per heavy atom. The maximum absolute atomic E-state index is 14.1. The van der Waals surface area contributed by atoms with Gasteiger partial charge in [-0.1, -0.05) is 15.9 Å². The van der Waals surface area contributed by atoms with Gasteiger partial charge in [-0.05, 0) is 82.6 Å². The van der Waals surface area contributed by atoms with Crippen molar-refractivity contribution >= 4 is 50.7 Å². The van der Waals surface area contributed by atoms with Crippen LogP contribution in [0.4, 0.5) is 17.1 Å². The first kappa shape index (κ1) is 30.3. The van der Waals surface area contributed by atoms with Crippen LogP contribution in [0, 0.1) is 11.8 Å². The average Bonchev–Trinajstić information content (AvgIpc) is 3.58. The van der Waals surface area contributed by atoms with Crippen LogP contribution < -0.4 is 20.3 Å². The molecular weight excluding hydrogens is 604 g/mol. The number of nitrogens with one attached hydrogen (secondary N) is 2. The molecule has 0 saturated carbocycles. The van der Waals surface area contributed by atoms with Gasteiger partial charge in [-0.3, -0.25) is 14.4 Å². The number of amides is 3.